The zero-order valence-corrected chi connectivity index (χ0v) is 19.0. The Balaban J connectivity index is 1.41. The van der Waals surface area contributed by atoms with Gasteiger partial charge in [0.25, 0.3) is 0 Å². The molecule has 0 saturated carbocycles. The highest BCUT2D eigenvalue weighted by Gasteiger charge is 2.38. The quantitative estimate of drug-likeness (QED) is 0.373. The van der Waals surface area contributed by atoms with E-state index in [2.05, 4.69) is 32.1 Å². The van der Waals surface area contributed by atoms with Crippen LogP contribution >= 0.6 is 0 Å². The Hall–Kier alpha value is -3.73. The number of halogens is 3. The fourth-order valence-electron chi connectivity index (χ4n) is 3.73. The SMILES string of the molecule is CC(Nc1ncnc2c1ncn2[C@H]1C[C@H](O)[C@@H](CO)O1)c1ccc(C#CCNC(=O)C(F)(F)F)cc1. The van der Waals surface area contributed by atoms with Gasteiger partial charge in [0.05, 0.1) is 31.6 Å². The van der Waals surface area contributed by atoms with E-state index in [1.807, 2.05) is 19.1 Å². The predicted octanol–water partition coefficient (Wildman–Crippen LogP) is 1.67. The number of nitrogens with one attached hydrogen (secondary N) is 2. The third-order valence-electron chi connectivity index (χ3n) is 5.64. The van der Waals surface area contributed by atoms with E-state index in [0.29, 0.717) is 29.0 Å². The van der Waals surface area contributed by atoms with Crippen LogP contribution in [0.4, 0.5) is 19.0 Å². The molecule has 4 atom stereocenters. The summed E-state index contributed by atoms with van der Waals surface area (Å²) >= 11 is 0. The third kappa shape index (κ3) is 5.56. The summed E-state index contributed by atoms with van der Waals surface area (Å²) in [4.78, 5) is 23.8. The van der Waals surface area contributed by atoms with Crippen molar-refractivity contribution in [1.29, 1.82) is 0 Å². The van der Waals surface area contributed by atoms with Crippen LogP contribution < -0.4 is 10.6 Å². The highest BCUT2D eigenvalue weighted by Crippen LogP contribution is 2.32. The molecule has 13 heteroatoms. The largest absolute Gasteiger partial charge is 0.471 e. The minimum Gasteiger partial charge on any atom is -0.394 e. The first-order valence-corrected chi connectivity index (χ1v) is 11.0. The van der Waals surface area contributed by atoms with Gasteiger partial charge in [0.15, 0.2) is 17.0 Å². The number of rotatable bonds is 6. The average molecular weight is 504 g/mol. The van der Waals surface area contributed by atoms with E-state index in [4.69, 9.17) is 4.74 Å². The predicted molar refractivity (Wildman–Crippen MR) is 121 cm³/mol. The van der Waals surface area contributed by atoms with Crippen molar-refractivity contribution in [3.63, 3.8) is 0 Å². The van der Waals surface area contributed by atoms with Crippen LogP contribution in [0.5, 0.6) is 0 Å². The Bertz CT molecular complexity index is 1280. The molecule has 0 radical (unpaired) electrons. The van der Waals surface area contributed by atoms with Crippen molar-refractivity contribution >= 4 is 22.9 Å². The number of fused-ring (bicyclic) bond motifs is 1. The van der Waals surface area contributed by atoms with Crippen molar-refractivity contribution in [3.8, 4) is 11.8 Å². The number of benzene rings is 1. The number of hydrogen-bond acceptors (Lipinski definition) is 8. The summed E-state index contributed by atoms with van der Waals surface area (Å²) < 4.78 is 43.9. The summed E-state index contributed by atoms with van der Waals surface area (Å²) in [5.41, 5.74) is 2.50. The first-order chi connectivity index (χ1) is 17.2. The summed E-state index contributed by atoms with van der Waals surface area (Å²) in [6.45, 7) is 1.21. The number of aliphatic hydroxyl groups excluding tert-OH is 2. The Labute approximate surface area is 203 Å². The zero-order valence-electron chi connectivity index (χ0n) is 19.0. The highest BCUT2D eigenvalue weighted by molar-refractivity contribution is 5.83. The smallest absolute Gasteiger partial charge is 0.394 e. The van der Waals surface area contributed by atoms with E-state index in [-0.39, 0.29) is 12.6 Å². The maximum absolute atomic E-state index is 12.2. The normalized spacial score (nSPS) is 20.6. The summed E-state index contributed by atoms with van der Waals surface area (Å²) in [6, 6.07) is 6.88. The minimum absolute atomic E-state index is 0.190. The van der Waals surface area contributed by atoms with Gasteiger partial charge in [-0.15, -0.1) is 0 Å². The maximum Gasteiger partial charge on any atom is 0.471 e. The van der Waals surface area contributed by atoms with Crippen LogP contribution in [0.1, 0.15) is 36.7 Å². The van der Waals surface area contributed by atoms with E-state index >= 15 is 0 Å². The monoisotopic (exact) mass is 504 g/mol. The van der Waals surface area contributed by atoms with E-state index in [0.717, 1.165) is 5.56 Å². The summed E-state index contributed by atoms with van der Waals surface area (Å²) in [6.07, 6.45) is -3.67. The van der Waals surface area contributed by atoms with E-state index in [9.17, 15) is 28.2 Å². The minimum atomic E-state index is -4.93. The second-order valence-corrected chi connectivity index (χ2v) is 8.13. The van der Waals surface area contributed by atoms with Crippen LogP contribution in [-0.4, -0.2) is 67.2 Å². The number of aromatic nitrogens is 4. The topological polar surface area (TPSA) is 134 Å². The van der Waals surface area contributed by atoms with Gasteiger partial charge in [-0.25, -0.2) is 15.0 Å². The van der Waals surface area contributed by atoms with Gasteiger partial charge in [-0.3, -0.25) is 9.36 Å². The van der Waals surface area contributed by atoms with Crippen LogP contribution in [0, 0.1) is 11.8 Å². The molecule has 36 heavy (non-hydrogen) atoms. The molecule has 1 aliphatic rings. The molecule has 4 N–H and O–H groups in total. The standard InChI is InChI=1S/C23H23F3N6O4/c1-13(15-6-4-14(5-7-15)3-2-8-27-22(35)23(24,25)26)31-20-19-21(29-11-28-20)32(12-30-19)18-9-16(34)17(10-33)36-18/h4-7,11-13,16-18,33-34H,8-10H2,1H3,(H,27,35)(H,28,29,31)/t13?,16-,17+,18+/m0/s1. The molecule has 1 aliphatic heterocycles. The number of carbonyl (C=O) groups excluding carboxylic acids is 1. The highest BCUT2D eigenvalue weighted by atomic mass is 19.4. The lowest BCUT2D eigenvalue weighted by atomic mass is 10.1. The molecule has 0 spiro atoms. The first-order valence-electron chi connectivity index (χ1n) is 11.0. The van der Waals surface area contributed by atoms with Gasteiger partial charge in [0.1, 0.15) is 18.7 Å². The molecule has 1 saturated heterocycles. The van der Waals surface area contributed by atoms with Crippen molar-refractivity contribution in [2.45, 2.75) is 44.0 Å². The van der Waals surface area contributed by atoms with Gasteiger partial charge >= 0.3 is 12.1 Å². The molecule has 190 valence electrons. The second-order valence-electron chi connectivity index (χ2n) is 8.13. The van der Waals surface area contributed by atoms with Crippen molar-refractivity contribution in [3.05, 3.63) is 48.0 Å². The van der Waals surface area contributed by atoms with Gasteiger partial charge < -0.3 is 25.6 Å². The van der Waals surface area contributed by atoms with Gasteiger partial charge in [-0.05, 0) is 24.6 Å². The van der Waals surface area contributed by atoms with E-state index in [1.54, 1.807) is 28.3 Å². The lowest BCUT2D eigenvalue weighted by molar-refractivity contribution is -0.173. The lowest BCUT2D eigenvalue weighted by Gasteiger charge is -2.16. The van der Waals surface area contributed by atoms with Crippen LogP contribution in [0.2, 0.25) is 0 Å². The summed E-state index contributed by atoms with van der Waals surface area (Å²) in [5, 5.41) is 24.3. The number of anilines is 1. The molecular formula is C23H23F3N6O4. The first kappa shape index (κ1) is 25.4. The molecule has 1 aromatic carbocycles. The molecule has 10 nitrogen and oxygen atoms in total. The lowest BCUT2D eigenvalue weighted by Crippen LogP contribution is -2.36. The summed E-state index contributed by atoms with van der Waals surface area (Å²) in [7, 11) is 0. The molecule has 4 rings (SSSR count). The number of alkyl halides is 3. The number of carbonyl (C=O) groups is 1. The number of hydrogen-bond donors (Lipinski definition) is 4. The number of nitrogens with zero attached hydrogens (tertiary/aromatic N) is 4. The molecule has 1 fully saturated rings. The second kappa shape index (κ2) is 10.5. The van der Waals surface area contributed by atoms with Crippen LogP contribution in [-0.2, 0) is 9.53 Å². The fraction of sp³-hybridized carbons (Fsp3) is 0.391. The van der Waals surface area contributed by atoms with E-state index < -0.39 is 37.1 Å². The van der Waals surface area contributed by atoms with Crippen molar-refractivity contribution in [1.82, 2.24) is 24.8 Å². The van der Waals surface area contributed by atoms with Gasteiger partial charge in [0, 0.05) is 12.0 Å². The van der Waals surface area contributed by atoms with Gasteiger partial charge in [-0.2, -0.15) is 13.2 Å². The number of aliphatic hydroxyl groups is 2. The molecule has 3 aromatic rings. The van der Waals surface area contributed by atoms with Crippen molar-refractivity contribution in [2.75, 3.05) is 18.5 Å². The Morgan fingerprint density at radius 1 is 1.28 bits per heavy atom. The molecule has 1 unspecified atom stereocenters. The van der Waals surface area contributed by atoms with Gasteiger partial charge in [0.2, 0.25) is 0 Å². The van der Waals surface area contributed by atoms with Crippen molar-refractivity contribution < 1.29 is 32.9 Å². The molecule has 2 aromatic heterocycles. The number of imidazole rings is 1. The Morgan fingerprint density at radius 3 is 2.69 bits per heavy atom. The Kier molecular flexibility index (Phi) is 7.39. The average Bonchev–Trinajstić information content (AvgIpc) is 3.45. The Morgan fingerprint density at radius 2 is 2.03 bits per heavy atom. The summed E-state index contributed by atoms with van der Waals surface area (Å²) in [5.74, 6) is 3.65. The van der Waals surface area contributed by atoms with Gasteiger partial charge in [-0.1, -0.05) is 24.0 Å². The number of ether oxygens (including phenoxy) is 1. The van der Waals surface area contributed by atoms with Crippen LogP contribution in [0.25, 0.3) is 11.2 Å². The third-order valence-corrected chi connectivity index (χ3v) is 5.64. The van der Waals surface area contributed by atoms with Crippen LogP contribution in [0.15, 0.2) is 36.9 Å². The molecule has 1 amide bonds. The van der Waals surface area contributed by atoms with Crippen LogP contribution in [0.3, 0.4) is 0 Å². The fourth-order valence-corrected chi connectivity index (χ4v) is 3.73. The molecular weight excluding hydrogens is 481 g/mol. The molecule has 0 aliphatic carbocycles. The molecule has 3 heterocycles. The maximum atomic E-state index is 12.2. The van der Waals surface area contributed by atoms with Crippen molar-refractivity contribution in [2.24, 2.45) is 0 Å². The van der Waals surface area contributed by atoms with E-state index in [1.165, 1.54) is 6.33 Å². The molecule has 0 bridgehead atoms. The zero-order chi connectivity index (χ0) is 25.9. The number of amides is 1.